The van der Waals surface area contributed by atoms with Crippen molar-refractivity contribution in [3.05, 3.63) is 65.4 Å². The fraction of sp³-hybridized carbons (Fsp3) is 0.292. The van der Waals surface area contributed by atoms with Gasteiger partial charge in [-0.05, 0) is 31.2 Å². The average molecular weight is 511 g/mol. The van der Waals surface area contributed by atoms with Gasteiger partial charge < -0.3 is 9.47 Å². The molecule has 11 heteroatoms. The zero-order valence-electron chi connectivity index (χ0n) is 19.8. The summed E-state index contributed by atoms with van der Waals surface area (Å²) >= 11 is 2.67. The number of aromatic nitrogens is 5. The van der Waals surface area contributed by atoms with Crippen molar-refractivity contribution in [2.24, 2.45) is 0 Å². The Morgan fingerprint density at radius 2 is 1.80 bits per heavy atom. The molecular weight excluding hydrogens is 484 g/mol. The third kappa shape index (κ3) is 6.17. The Balaban J connectivity index is 1.51. The molecule has 2 heterocycles. The lowest BCUT2D eigenvalue weighted by atomic mass is 10.2. The number of anilines is 1. The molecule has 0 aliphatic rings. The van der Waals surface area contributed by atoms with Crippen LogP contribution in [0, 0.1) is 0 Å². The van der Waals surface area contributed by atoms with E-state index < -0.39 is 6.10 Å². The highest BCUT2D eigenvalue weighted by molar-refractivity contribution is 7.99. The van der Waals surface area contributed by atoms with Gasteiger partial charge in [0.05, 0.1) is 12.9 Å². The van der Waals surface area contributed by atoms with Crippen LogP contribution in [-0.2, 0) is 4.79 Å². The molecule has 4 rings (SSSR count). The van der Waals surface area contributed by atoms with Crippen LogP contribution in [0.5, 0.6) is 11.5 Å². The van der Waals surface area contributed by atoms with Gasteiger partial charge in [0.1, 0.15) is 16.5 Å². The standard InChI is InChI=1S/C24H26N6O3S2/c1-15(2)22-27-28-23(35-22)25-20(31)14-34-24-29-26-21(30(24)17-9-6-5-7-10-17)16(3)33-19-12-8-11-18(13-19)32-4/h5-13,15-16H,14H2,1-4H3,(H,25,28,31). The van der Waals surface area contributed by atoms with Gasteiger partial charge in [0.2, 0.25) is 11.0 Å². The highest BCUT2D eigenvalue weighted by atomic mass is 32.2. The monoisotopic (exact) mass is 510 g/mol. The summed E-state index contributed by atoms with van der Waals surface area (Å²) in [5.41, 5.74) is 0.877. The molecule has 35 heavy (non-hydrogen) atoms. The summed E-state index contributed by atoms with van der Waals surface area (Å²) in [7, 11) is 1.61. The third-order valence-electron chi connectivity index (χ3n) is 4.90. The summed E-state index contributed by atoms with van der Waals surface area (Å²) in [6, 6.07) is 17.1. The molecule has 0 radical (unpaired) electrons. The summed E-state index contributed by atoms with van der Waals surface area (Å²) in [5, 5.41) is 21.7. The Labute approximate surface area is 211 Å². The smallest absolute Gasteiger partial charge is 0.236 e. The number of ether oxygens (including phenoxy) is 2. The Hall–Kier alpha value is -3.44. The molecule has 4 aromatic rings. The van der Waals surface area contributed by atoms with Crippen LogP contribution >= 0.6 is 23.1 Å². The maximum atomic E-state index is 12.6. The molecule has 182 valence electrons. The van der Waals surface area contributed by atoms with Crippen molar-refractivity contribution in [1.29, 1.82) is 0 Å². The van der Waals surface area contributed by atoms with Gasteiger partial charge in [-0.3, -0.25) is 14.7 Å². The fourth-order valence-corrected chi connectivity index (χ4v) is 4.71. The summed E-state index contributed by atoms with van der Waals surface area (Å²) in [4.78, 5) is 12.6. The minimum Gasteiger partial charge on any atom is -0.497 e. The van der Waals surface area contributed by atoms with E-state index in [2.05, 4.69) is 25.7 Å². The second-order valence-electron chi connectivity index (χ2n) is 7.89. The molecule has 0 spiro atoms. The molecule has 0 fully saturated rings. The molecule has 9 nitrogen and oxygen atoms in total. The highest BCUT2D eigenvalue weighted by Gasteiger charge is 2.22. The molecule has 2 aromatic heterocycles. The molecule has 1 atom stereocenters. The van der Waals surface area contributed by atoms with Gasteiger partial charge in [-0.1, -0.05) is 61.2 Å². The van der Waals surface area contributed by atoms with E-state index in [1.165, 1.54) is 23.1 Å². The van der Waals surface area contributed by atoms with Crippen LogP contribution in [0.1, 0.15) is 43.6 Å². The lowest BCUT2D eigenvalue weighted by molar-refractivity contribution is -0.113. The number of carbonyl (C=O) groups is 1. The van der Waals surface area contributed by atoms with Gasteiger partial charge in [0, 0.05) is 17.7 Å². The first-order valence-electron chi connectivity index (χ1n) is 11.0. The Morgan fingerprint density at radius 3 is 2.51 bits per heavy atom. The number of methoxy groups -OCH3 is 1. The minimum atomic E-state index is -0.408. The number of thioether (sulfide) groups is 1. The molecule has 1 N–H and O–H groups in total. The average Bonchev–Trinajstić information content (AvgIpc) is 3.51. The van der Waals surface area contributed by atoms with Crippen LogP contribution in [0.15, 0.2) is 59.8 Å². The Bertz CT molecular complexity index is 1280. The van der Waals surface area contributed by atoms with E-state index in [0.29, 0.717) is 27.6 Å². The number of nitrogens with one attached hydrogen (secondary N) is 1. The van der Waals surface area contributed by atoms with Crippen molar-refractivity contribution in [1.82, 2.24) is 25.0 Å². The highest BCUT2D eigenvalue weighted by Crippen LogP contribution is 2.29. The van der Waals surface area contributed by atoms with E-state index in [1.54, 1.807) is 7.11 Å². The van der Waals surface area contributed by atoms with E-state index in [-0.39, 0.29) is 17.6 Å². The second kappa shape index (κ2) is 11.3. The lowest BCUT2D eigenvalue weighted by Crippen LogP contribution is -2.15. The van der Waals surface area contributed by atoms with E-state index >= 15 is 0 Å². The second-order valence-corrected chi connectivity index (χ2v) is 9.84. The number of para-hydroxylation sites is 1. The van der Waals surface area contributed by atoms with Crippen LogP contribution < -0.4 is 14.8 Å². The topological polar surface area (TPSA) is 104 Å². The molecule has 0 bridgehead atoms. The number of benzene rings is 2. The largest absolute Gasteiger partial charge is 0.497 e. The molecule has 0 aliphatic carbocycles. The minimum absolute atomic E-state index is 0.146. The van der Waals surface area contributed by atoms with E-state index in [1.807, 2.05) is 79.9 Å². The van der Waals surface area contributed by atoms with E-state index in [9.17, 15) is 4.79 Å². The van der Waals surface area contributed by atoms with Crippen molar-refractivity contribution in [2.75, 3.05) is 18.2 Å². The first-order chi connectivity index (χ1) is 16.9. The number of carbonyl (C=O) groups excluding carboxylic acids is 1. The van der Waals surface area contributed by atoms with Crippen molar-refractivity contribution in [3.63, 3.8) is 0 Å². The normalized spacial score (nSPS) is 11.9. The summed E-state index contributed by atoms with van der Waals surface area (Å²) in [6.07, 6.45) is -0.408. The van der Waals surface area contributed by atoms with Crippen molar-refractivity contribution in [3.8, 4) is 17.2 Å². The van der Waals surface area contributed by atoms with Gasteiger partial charge in [0.25, 0.3) is 0 Å². The Morgan fingerprint density at radius 1 is 1.03 bits per heavy atom. The predicted molar refractivity (Wildman–Crippen MR) is 137 cm³/mol. The van der Waals surface area contributed by atoms with Crippen molar-refractivity contribution >= 4 is 34.1 Å². The zero-order valence-corrected chi connectivity index (χ0v) is 21.5. The maximum absolute atomic E-state index is 12.6. The predicted octanol–water partition coefficient (Wildman–Crippen LogP) is 5.12. The van der Waals surface area contributed by atoms with Gasteiger partial charge in [0.15, 0.2) is 17.1 Å². The van der Waals surface area contributed by atoms with Crippen molar-refractivity contribution in [2.45, 2.75) is 37.9 Å². The molecular formula is C24H26N6O3S2. The number of amides is 1. The molecule has 2 aromatic carbocycles. The quantitative estimate of drug-likeness (QED) is 0.293. The van der Waals surface area contributed by atoms with Crippen LogP contribution in [0.25, 0.3) is 5.69 Å². The SMILES string of the molecule is COc1cccc(OC(C)c2nnc(SCC(=O)Nc3nnc(C(C)C)s3)n2-c2ccccc2)c1. The van der Waals surface area contributed by atoms with Crippen LogP contribution in [-0.4, -0.2) is 43.7 Å². The van der Waals surface area contributed by atoms with Crippen molar-refractivity contribution < 1.29 is 14.3 Å². The first kappa shape index (κ1) is 24.7. The van der Waals surface area contributed by atoms with Crippen LogP contribution in [0.4, 0.5) is 5.13 Å². The number of hydrogen-bond acceptors (Lipinski definition) is 9. The van der Waals surface area contributed by atoms with Gasteiger partial charge in [-0.15, -0.1) is 20.4 Å². The third-order valence-corrected chi connectivity index (χ3v) is 6.97. The lowest BCUT2D eigenvalue weighted by Gasteiger charge is -2.17. The van der Waals surface area contributed by atoms with Crippen LogP contribution in [0.3, 0.4) is 0 Å². The number of rotatable bonds is 10. The van der Waals surface area contributed by atoms with Crippen LogP contribution in [0.2, 0.25) is 0 Å². The molecule has 0 saturated heterocycles. The van der Waals surface area contributed by atoms with Gasteiger partial charge in [-0.25, -0.2) is 0 Å². The molecule has 1 amide bonds. The summed E-state index contributed by atoms with van der Waals surface area (Å²) in [5.74, 6) is 2.20. The van der Waals surface area contributed by atoms with E-state index in [4.69, 9.17) is 9.47 Å². The first-order valence-corrected chi connectivity index (χ1v) is 12.8. The Kier molecular flexibility index (Phi) is 7.98. The summed E-state index contributed by atoms with van der Waals surface area (Å²) in [6.45, 7) is 5.98. The molecule has 0 aliphatic heterocycles. The molecule has 0 saturated carbocycles. The molecule has 1 unspecified atom stereocenters. The number of hydrogen-bond donors (Lipinski definition) is 1. The summed E-state index contributed by atoms with van der Waals surface area (Å²) < 4.78 is 13.3. The van der Waals surface area contributed by atoms with Gasteiger partial charge in [-0.2, -0.15) is 0 Å². The number of nitrogens with zero attached hydrogens (tertiary/aromatic N) is 5. The fourth-order valence-electron chi connectivity index (χ4n) is 3.19. The van der Waals surface area contributed by atoms with Gasteiger partial charge >= 0.3 is 0 Å². The van der Waals surface area contributed by atoms with E-state index in [0.717, 1.165) is 10.7 Å². The maximum Gasteiger partial charge on any atom is 0.236 e. The zero-order chi connectivity index (χ0) is 24.8.